The highest BCUT2D eigenvalue weighted by atomic mass is 32.2. The van der Waals surface area contributed by atoms with Gasteiger partial charge in [0.1, 0.15) is 17.1 Å². The van der Waals surface area contributed by atoms with Gasteiger partial charge in [-0.25, -0.2) is 8.42 Å². The number of nitrogens with zero attached hydrogens (tertiary/aromatic N) is 1. The number of fused-ring (bicyclic) bond motifs is 1. The molecule has 0 bridgehead atoms. The maximum absolute atomic E-state index is 13.3. The summed E-state index contributed by atoms with van der Waals surface area (Å²) in [7, 11) is -1.99. The summed E-state index contributed by atoms with van der Waals surface area (Å²) < 4.78 is 39.8. The van der Waals surface area contributed by atoms with Crippen LogP contribution >= 0.6 is 0 Å². The van der Waals surface area contributed by atoms with Crippen molar-refractivity contribution < 1.29 is 22.4 Å². The summed E-state index contributed by atoms with van der Waals surface area (Å²) in [4.78, 5) is 13.2. The largest absolute Gasteiger partial charge is 0.457 e. The quantitative estimate of drug-likeness (QED) is 0.293. The normalized spacial score (nSPS) is 14.7. The minimum absolute atomic E-state index is 0.0192. The van der Waals surface area contributed by atoms with Gasteiger partial charge in [0, 0.05) is 29.7 Å². The van der Waals surface area contributed by atoms with E-state index in [0.717, 1.165) is 37.9 Å². The molecule has 1 N–H and O–H groups in total. The lowest BCUT2D eigenvalue weighted by Gasteiger charge is -2.30. The van der Waals surface area contributed by atoms with Crippen molar-refractivity contribution in [1.29, 1.82) is 0 Å². The summed E-state index contributed by atoms with van der Waals surface area (Å²) in [6.45, 7) is 1.76. The SMILES string of the molecule is Cc1c(C(=O)Nc2ccc(Oc3ccccc3)cc2)oc2ccc(S(=O)(=O)N(C)C3CCCCC3)cc12. The number of aryl methyl sites for hydroxylation is 1. The first-order valence-corrected chi connectivity index (χ1v) is 13.9. The van der Waals surface area contributed by atoms with Crippen molar-refractivity contribution in [3.8, 4) is 11.5 Å². The van der Waals surface area contributed by atoms with Gasteiger partial charge in [-0.05, 0) is 74.4 Å². The third-order valence-electron chi connectivity index (χ3n) is 6.97. The van der Waals surface area contributed by atoms with E-state index < -0.39 is 15.9 Å². The van der Waals surface area contributed by atoms with Crippen LogP contribution in [-0.2, 0) is 10.0 Å². The van der Waals surface area contributed by atoms with Crippen LogP contribution in [0.4, 0.5) is 5.69 Å². The fourth-order valence-electron chi connectivity index (χ4n) is 4.80. The maximum Gasteiger partial charge on any atom is 0.291 e. The number of rotatable bonds is 7. The molecule has 0 radical (unpaired) electrons. The van der Waals surface area contributed by atoms with Gasteiger partial charge in [-0.15, -0.1) is 0 Å². The lowest BCUT2D eigenvalue weighted by molar-refractivity contribution is 0.0998. The van der Waals surface area contributed by atoms with Gasteiger partial charge in [0.15, 0.2) is 5.76 Å². The lowest BCUT2D eigenvalue weighted by Crippen LogP contribution is -2.38. The van der Waals surface area contributed by atoms with E-state index in [0.29, 0.717) is 28.0 Å². The van der Waals surface area contributed by atoms with Crippen molar-refractivity contribution in [1.82, 2.24) is 4.31 Å². The first-order valence-electron chi connectivity index (χ1n) is 12.5. The van der Waals surface area contributed by atoms with Crippen LogP contribution < -0.4 is 10.1 Å². The van der Waals surface area contributed by atoms with Crippen molar-refractivity contribution in [2.24, 2.45) is 0 Å². The Morgan fingerprint density at radius 3 is 2.32 bits per heavy atom. The molecule has 1 amide bonds. The molecule has 8 heteroatoms. The summed E-state index contributed by atoms with van der Waals surface area (Å²) in [5, 5.41) is 3.45. The predicted molar refractivity (Wildman–Crippen MR) is 144 cm³/mol. The second-order valence-corrected chi connectivity index (χ2v) is 11.4. The van der Waals surface area contributed by atoms with E-state index in [1.54, 1.807) is 56.4 Å². The Bertz CT molecular complexity index is 1510. The number of furan rings is 1. The lowest BCUT2D eigenvalue weighted by atomic mass is 9.96. The Kier molecular flexibility index (Phi) is 7.04. The van der Waals surface area contributed by atoms with Crippen LogP contribution in [0.1, 0.15) is 48.2 Å². The van der Waals surface area contributed by atoms with Crippen LogP contribution in [0, 0.1) is 6.92 Å². The second-order valence-electron chi connectivity index (χ2n) is 9.42. The molecule has 7 nitrogen and oxygen atoms in total. The molecule has 1 aliphatic rings. The summed E-state index contributed by atoms with van der Waals surface area (Å²) in [5.74, 6) is 1.11. The van der Waals surface area contributed by atoms with Crippen LogP contribution in [-0.4, -0.2) is 31.7 Å². The van der Waals surface area contributed by atoms with Gasteiger partial charge in [0.05, 0.1) is 4.90 Å². The topological polar surface area (TPSA) is 88.8 Å². The number of carbonyl (C=O) groups is 1. The van der Waals surface area contributed by atoms with Crippen LogP contribution in [0.25, 0.3) is 11.0 Å². The molecule has 4 aromatic rings. The third kappa shape index (κ3) is 5.26. The number of nitrogens with one attached hydrogen (secondary N) is 1. The van der Waals surface area contributed by atoms with E-state index in [-0.39, 0.29) is 16.7 Å². The summed E-state index contributed by atoms with van der Waals surface area (Å²) in [5.41, 5.74) is 1.64. The van der Waals surface area contributed by atoms with Crippen LogP contribution in [0.2, 0.25) is 0 Å². The zero-order chi connectivity index (χ0) is 26.0. The number of benzene rings is 3. The molecule has 37 heavy (non-hydrogen) atoms. The number of hydrogen-bond donors (Lipinski definition) is 1. The van der Waals surface area contributed by atoms with E-state index >= 15 is 0 Å². The minimum Gasteiger partial charge on any atom is -0.457 e. The van der Waals surface area contributed by atoms with Crippen molar-refractivity contribution in [3.05, 3.63) is 84.1 Å². The summed E-state index contributed by atoms with van der Waals surface area (Å²) in [6, 6.07) is 21.3. The third-order valence-corrected chi connectivity index (χ3v) is 8.88. The Balaban J connectivity index is 1.33. The number of para-hydroxylation sites is 1. The van der Waals surface area contributed by atoms with Crippen LogP contribution in [0.3, 0.4) is 0 Å². The van der Waals surface area contributed by atoms with Crippen molar-refractivity contribution >= 4 is 32.6 Å². The molecule has 0 saturated heterocycles. The van der Waals surface area contributed by atoms with Crippen molar-refractivity contribution in [2.45, 2.75) is 50.0 Å². The fraction of sp³-hybridized carbons (Fsp3) is 0.276. The minimum atomic E-state index is -3.65. The fourth-order valence-corrected chi connectivity index (χ4v) is 6.25. The Labute approximate surface area is 217 Å². The van der Waals surface area contributed by atoms with Crippen molar-refractivity contribution in [3.63, 3.8) is 0 Å². The number of anilines is 1. The van der Waals surface area contributed by atoms with Gasteiger partial charge in [-0.3, -0.25) is 4.79 Å². The van der Waals surface area contributed by atoms with Crippen molar-refractivity contribution in [2.75, 3.05) is 12.4 Å². The Morgan fingerprint density at radius 2 is 1.62 bits per heavy atom. The van der Waals surface area contributed by atoms with E-state index in [1.807, 2.05) is 30.3 Å². The molecule has 192 valence electrons. The molecule has 0 spiro atoms. The molecular formula is C29H30N2O5S. The highest BCUT2D eigenvalue weighted by molar-refractivity contribution is 7.89. The van der Waals surface area contributed by atoms with E-state index in [1.165, 1.54) is 4.31 Å². The van der Waals surface area contributed by atoms with E-state index in [4.69, 9.17) is 9.15 Å². The highest BCUT2D eigenvalue weighted by Gasteiger charge is 2.30. The number of ether oxygens (including phenoxy) is 1. The van der Waals surface area contributed by atoms with Gasteiger partial charge in [-0.2, -0.15) is 4.31 Å². The number of hydrogen-bond acceptors (Lipinski definition) is 5. The molecule has 3 aromatic carbocycles. The molecular weight excluding hydrogens is 488 g/mol. The predicted octanol–water partition coefficient (Wildman–Crippen LogP) is 6.74. The molecule has 1 aromatic heterocycles. The monoisotopic (exact) mass is 518 g/mol. The molecule has 1 heterocycles. The standard InChI is InChI=1S/C29H30N2O5S/c1-20-26-19-25(37(33,34)31(2)22-9-5-3-6-10-22)17-18-27(26)36-28(20)29(32)30-21-13-15-24(16-14-21)35-23-11-7-4-8-12-23/h4,7-8,11-19,22H,3,5-6,9-10H2,1-2H3,(H,30,32). The highest BCUT2D eigenvalue weighted by Crippen LogP contribution is 2.32. The first-order chi connectivity index (χ1) is 17.8. The molecule has 5 rings (SSSR count). The van der Waals surface area contributed by atoms with Crippen LogP contribution in [0.15, 0.2) is 82.1 Å². The number of sulfonamides is 1. The molecule has 0 aliphatic heterocycles. The molecule has 1 fully saturated rings. The average molecular weight is 519 g/mol. The van der Waals surface area contributed by atoms with Gasteiger partial charge in [0.2, 0.25) is 10.0 Å². The second kappa shape index (κ2) is 10.4. The molecule has 0 unspecified atom stereocenters. The Morgan fingerprint density at radius 1 is 0.946 bits per heavy atom. The van der Waals surface area contributed by atoms with Gasteiger partial charge >= 0.3 is 0 Å². The van der Waals surface area contributed by atoms with Gasteiger partial charge in [-0.1, -0.05) is 37.5 Å². The summed E-state index contributed by atoms with van der Waals surface area (Å²) >= 11 is 0. The molecule has 1 saturated carbocycles. The van der Waals surface area contributed by atoms with E-state index in [2.05, 4.69) is 5.32 Å². The van der Waals surface area contributed by atoms with Crippen LogP contribution in [0.5, 0.6) is 11.5 Å². The number of carbonyl (C=O) groups excluding carboxylic acids is 1. The summed E-state index contributed by atoms with van der Waals surface area (Å²) in [6.07, 6.45) is 5.01. The smallest absolute Gasteiger partial charge is 0.291 e. The van der Waals surface area contributed by atoms with Gasteiger partial charge in [0.25, 0.3) is 5.91 Å². The molecule has 1 aliphatic carbocycles. The molecule has 0 atom stereocenters. The van der Waals surface area contributed by atoms with E-state index in [9.17, 15) is 13.2 Å². The average Bonchev–Trinajstić information content (AvgIpc) is 3.26. The van der Waals surface area contributed by atoms with Gasteiger partial charge < -0.3 is 14.5 Å². The Hall–Kier alpha value is -3.62. The zero-order valence-electron chi connectivity index (χ0n) is 20.9. The first kappa shape index (κ1) is 25.0. The maximum atomic E-state index is 13.3. The zero-order valence-corrected chi connectivity index (χ0v) is 21.8. The number of amides is 1.